The molecule has 0 saturated carbocycles. The lowest BCUT2D eigenvalue weighted by Crippen LogP contribution is -2.56. The second-order valence-electron chi connectivity index (χ2n) is 5.45. The summed E-state index contributed by atoms with van der Waals surface area (Å²) in [5.41, 5.74) is 0. The van der Waals surface area contributed by atoms with Crippen LogP contribution in [0.4, 0.5) is 4.79 Å². The summed E-state index contributed by atoms with van der Waals surface area (Å²) < 4.78 is 0. The van der Waals surface area contributed by atoms with Crippen LogP contribution in [0.3, 0.4) is 0 Å². The van der Waals surface area contributed by atoms with Crippen LogP contribution in [0.25, 0.3) is 0 Å². The third kappa shape index (κ3) is 3.38. The van der Waals surface area contributed by atoms with Gasteiger partial charge in [-0.25, -0.2) is 4.79 Å². The molecule has 0 aromatic rings. The summed E-state index contributed by atoms with van der Waals surface area (Å²) in [6, 6.07) is -0.0418. The van der Waals surface area contributed by atoms with Crippen LogP contribution in [0.15, 0.2) is 0 Å². The Balaban J connectivity index is 1.83. The normalized spacial score (nSPS) is 25.5. The Morgan fingerprint density at radius 2 is 1.95 bits per heavy atom. The van der Waals surface area contributed by atoms with Gasteiger partial charge in [-0.1, -0.05) is 0 Å². The summed E-state index contributed by atoms with van der Waals surface area (Å²) in [4.78, 5) is 29.0. The number of carbonyl (C=O) groups is 2. The maximum atomic E-state index is 12.4. The molecule has 2 saturated heterocycles. The number of amides is 2. The van der Waals surface area contributed by atoms with Gasteiger partial charge < -0.3 is 14.9 Å². The van der Waals surface area contributed by atoms with Gasteiger partial charge in [0.05, 0.1) is 0 Å². The molecule has 0 spiro atoms. The Kier molecular flexibility index (Phi) is 5.15. The first-order valence-electron chi connectivity index (χ1n) is 7.07. The Hall–Kier alpha value is -0.950. The quantitative estimate of drug-likeness (QED) is 0.828. The fraction of sp³-hybridized carbons (Fsp3) is 0.846. The minimum absolute atomic E-state index is 0.0835. The molecule has 0 aromatic heterocycles. The van der Waals surface area contributed by atoms with E-state index < -0.39 is 12.0 Å². The van der Waals surface area contributed by atoms with Gasteiger partial charge in [-0.05, 0) is 19.1 Å². The van der Waals surface area contributed by atoms with Crippen molar-refractivity contribution in [2.75, 3.05) is 44.7 Å². The highest BCUT2D eigenvalue weighted by atomic mass is 32.2. The van der Waals surface area contributed by atoms with E-state index in [1.54, 1.807) is 6.92 Å². The maximum Gasteiger partial charge on any atom is 0.320 e. The molecule has 114 valence electrons. The molecule has 6 nitrogen and oxygen atoms in total. The van der Waals surface area contributed by atoms with Crippen molar-refractivity contribution in [2.45, 2.75) is 25.4 Å². The van der Waals surface area contributed by atoms with E-state index in [-0.39, 0.29) is 6.03 Å². The highest BCUT2D eigenvalue weighted by Crippen LogP contribution is 2.22. The SMILES string of the molecule is CC(C(=O)O)N1CCN(C(=O)N(C)C2CCSC2)CC1. The van der Waals surface area contributed by atoms with Gasteiger partial charge >= 0.3 is 12.0 Å². The average Bonchev–Trinajstić information content (AvgIpc) is 2.99. The topological polar surface area (TPSA) is 64.1 Å². The zero-order chi connectivity index (χ0) is 14.7. The Morgan fingerprint density at radius 1 is 1.30 bits per heavy atom. The summed E-state index contributed by atoms with van der Waals surface area (Å²) >= 11 is 1.90. The molecule has 2 heterocycles. The second-order valence-corrected chi connectivity index (χ2v) is 6.60. The van der Waals surface area contributed by atoms with E-state index in [4.69, 9.17) is 5.11 Å². The largest absolute Gasteiger partial charge is 0.480 e. The minimum Gasteiger partial charge on any atom is -0.480 e. The lowest BCUT2D eigenvalue weighted by Gasteiger charge is -2.39. The summed E-state index contributed by atoms with van der Waals surface area (Å²) in [5.74, 6) is 1.36. The number of thioether (sulfide) groups is 1. The summed E-state index contributed by atoms with van der Waals surface area (Å²) in [7, 11) is 1.88. The highest BCUT2D eigenvalue weighted by molar-refractivity contribution is 7.99. The molecular formula is C13H23N3O3S. The predicted octanol–water partition coefficient (Wildman–Crippen LogP) is 0.634. The van der Waals surface area contributed by atoms with Gasteiger partial charge in [0.2, 0.25) is 0 Å². The molecule has 20 heavy (non-hydrogen) atoms. The first kappa shape index (κ1) is 15.4. The first-order valence-corrected chi connectivity index (χ1v) is 8.22. The highest BCUT2D eigenvalue weighted by Gasteiger charge is 2.31. The maximum absolute atomic E-state index is 12.4. The molecule has 2 aliphatic rings. The van der Waals surface area contributed by atoms with Crippen molar-refractivity contribution in [3.05, 3.63) is 0 Å². The Labute approximate surface area is 124 Å². The van der Waals surface area contributed by atoms with Crippen molar-refractivity contribution in [3.8, 4) is 0 Å². The zero-order valence-corrected chi connectivity index (χ0v) is 12.9. The molecular weight excluding hydrogens is 278 g/mol. The zero-order valence-electron chi connectivity index (χ0n) is 12.1. The average molecular weight is 301 g/mol. The number of carboxylic acids is 1. The number of carboxylic acid groups (broad SMARTS) is 1. The van der Waals surface area contributed by atoms with Crippen molar-refractivity contribution in [3.63, 3.8) is 0 Å². The van der Waals surface area contributed by atoms with E-state index in [9.17, 15) is 9.59 Å². The van der Waals surface area contributed by atoms with Crippen LogP contribution in [-0.4, -0.2) is 88.6 Å². The van der Waals surface area contributed by atoms with Gasteiger partial charge in [0.1, 0.15) is 6.04 Å². The fourth-order valence-electron chi connectivity index (χ4n) is 2.66. The molecule has 2 aliphatic heterocycles. The van der Waals surface area contributed by atoms with Crippen molar-refractivity contribution in [1.29, 1.82) is 0 Å². The van der Waals surface area contributed by atoms with Crippen LogP contribution in [0.5, 0.6) is 0 Å². The van der Waals surface area contributed by atoms with Gasteiger partial charge in [-0.3, -0.25) is 9.69 Å². The van der Waals surface area contributed by atoms with Crippen LogP contribution in [-0.2, 0) is 4.79 Å². The standard InChI is InChI=1S/C13H23N3O3S/c1-10(12(17)18)15-4-6-16(7-5-15)13(19)14(2)11-3-8-20-9-11/h10-11H,3-9H2,1-2H3,(H,17,18). The molecule has 2 fully saturated rings. The number of urea groups is 1. The van der Waals surface area contributed by atoms with Crippen LogP contribution in [0, 0.1) is 0 Å². The van der Waals surface area contributed by atoms with Gasteiger partial charge in [0, 0.05) is 45.0 Å². The number of hydrogen-bond acceptors (Lipinski definition) is 4. The predicted molar refractivity (Wildman–Crippen MR) is 79.1 cm³/mol. The van der Waals surface area contributed by atoms with Crippen molar-refractivity contribution in [1.82, 2.24) is 14.7 Å². The Bertz CT molecular complexity index is 366. The monoisotopic (exact) mass is 301 g/mol. The third-order valence-electron chi connectivity index (χ3n) is 4.24. The molecule has 2 atom stereocenters. The summed E-state index contributed by atoms with van der Waals surface area (Å²) in [6.07, 6.45) is 1.07. The molecule has 0 bridgehead atoms. The first-order chi connectivity index (χ1) is 9.50. The molecule has 2 rings (SSSR count). The van der Waals surface area contributed by atoms with Crippen molar-refractivity contribution in [2.24, 2.45) is 0 Å². The Morgan fingerprint density at radius 3 is 2.45 bits per heavy atom. The van der Waals surface area contributed by atoms with E-state index in [2.05, 4.69) is 0 Å². The second kappa shape index (κ2) is 6.67. The minimum atomic E-state index is -0.801. The number of rotatable bonds is 3. The van der Waals surface area contributed by atoms with Crippen molar-refractivity contribution >= 4 is 23.8 Å². The molecule has 0 aromatic carbocycles. The molecule has 2 amide bonds. The van der Waals surface area contributed by atoms with E-state index >= 15 is 0 Å². The molecule has 0 aliphatic carbocycles. The lowest BCUT2D eigenvalue weighted by atomic mass is 10.2. The van der Waals surface area contributed by atoms with Crippen LogP contribution < -0.4 is 0 Å². The molecule has 0 radical (unpaired) electrons. The van der Waals surface area contributed by atoms with Gasteiger partial charge in [-0.2, -0.15) is 11.8 Å². The van der Waals surface area contributed by atoms with E-state index in [0.29, 0.717) is 32.2 Å². The van der Waals surface area contributed by atoms with E-state index in [1.807, 2.05) is 33.5 Å². The molecule has 7 heteroatoms. The van der Waals surface area contributed by atoms with E-state index in [1.165, 1.54) is 0 Å². The molecule has 1 N–H and O–H groups in total. The number of carbonyl (C=O) groups excluding carboxylic acids is 1. The summed E-state index contributed by atoms with van der Waals surface area (Å²) in [5, 5.41) is 9.01. The van der Waals surface area contributed by atoms with Crippen LogP contribution in [0.1, 0.15) is 13.3 Å². The number of aliphatic carboxylic acids is 1. The molecule has 2 unspecified atom stereocenters. The third-order valence-corrected chi connectivity index (χ3v) is 5.39. The number of nitrogens with zero attached hydrogens (tertiary/aromatic N) is 3. The lowest BCUT2D eigenvalue weighted by molar-refractivity contribution is -0.143. The fourth-order valence-corrected chi connectivity index (χ4v) is 3.93. The number of piperazine rings is 1. The number of hydrogen-bond donors (Lipinski definition) is 1. The summed E-state index contributed by atoms with van der Waals surface area (Å²) in [6.45, 7) is 4.18. The van der Waals surface area contributed by atoms with Crippen LogP contribution in [0.2, 0.25) is 0 Å². The van der Waals surface area contributed by atoms with Gasteiger partial charge in [0.15, 0.2) is 0 Å². The van der Waals surface area contributed by atoms with Crippen molar-refractivity contribution < 1.29 is 14.7 Å². The van der Waals surface area contributed by atoms with E-state index in [0.717, 1.165) is 17.9 Å². The smallest absolute Gasteiger partial charge is 0.320 e. The van der Waals surface area contributed by atoms with Crippen LogP contribution >= 0.6 is 11.8 Å². The van der Waals surface area contributed by atoms with Gasteiger partial charge in [0.25, 0.3) is 0 Å². The van der Waals surface area contributed by atoms with Gasteiger partial charge in [-0.15, -0.1) is 0 Å².